The average Bonchev–Trinajstić information content (AvgIpc) is 3.18. The summed E-state index contributed by atoms with van der Waals surface area (Å²) in [7, 11) is 0. The van der Waals surface area contributed by atoms with Crippen LogP contribution in [0.15, 0.2) is 33.5 Å². The molecule has 0 unspecified atom stereocenters. The van der Waals surface area contributed by atoms with E-state index in [9.17, 15) is 9.90 Å². The summed E-state index contributed by atoms with van der Waals surface area (Å²) in [5.41, 5.74) is 19.9. The quantitative estimate of drug-likeness (QED) is 0.302. The molecule has 2 aromatic heterocycles. The summed E-state index contributed by atoms with van der Waals surface area (Å²) in [5, 5.41) is 14.4. The molecule has 0 aliphatic carbocycles. The van der Waals surface area contributed by atoms with Crippen molar-refractivity contribution in [2.45, 2.75) is 44.0 Å². The average molecular weight is 482 g/mol. The number of aliphatic hydroxyl groups excluding tert-OH is 1. The van der Waals surface area contributed by atoms with Crippen LogP contribution in [0.4, 0.5) is 23.5 Å². The Morgan fingerprint density at radius 1 is 1.14 bits per heavy atom. The molecule has 0 bridgehead atoms. The zero-order chi connectivity index (χ0) is 24.7. The minimum atomic E-state index is -0.555. The fourth-order valence-corrected chi connectivity index (χ4v) is 4.92. The zero-order valence-corrected chi connectivity index (χ0v) is 19.6. The Hall–Kier alpha value is -3.32. The topological polar surface area (TPSA) is 186 Å². The molecule has 0 radical (unpaired) electrons. The van der Waals surface area contributed by atoms with Crippen molar-refractivity contribution in [1.29, 1.82) is 0 Å². The number of hydrogen-bond donors (Lipinski definition) is 5. The van der Waals surface area contributed by atoms with E-state index in [-0.39, 0.29) is 24.7 Å². The lowest BCUT2D eigenvalue weighted by Gasteiger charge is -2.35. The van der Waals surface area contributed by atoms with Crippen LogP contribution >= 0.6 is 0 Å². The molecule has 2 aliphatic heterocycles. The Balaban J connectivity index is 1.53. The molecule has 2 saturated heterocycles. The fraction of sp³-hybridized carbons (Fsp3) is 0.478. The molecule has 4 heterocycles. The lowest BCUT2D eigenvalue weighted by Crippen LogP contribution is -2.53. The van der Waals surface area contributed by atoms with Gasteiger partial charge in [-0.3, -0.25) is 0 Å². The van der Waals surface area contributed by atoms with Gasteiger partial charge < -0.3 is 41.8 Å². The second-order valence-electron chi connectivity index (χ2n) is 9.36. The van der Waals surface area contributed by atoms with E-state index >= 15 is 0 Å². The third-order valence-corrected chi connectivity index (χ3v) is 6.63. The molecule has 12 heteroatoms. The van der Waals surface area contributed by atoms with Crippen molar-refractivity contribution in [3.05, 3.63) is 40.2 Å². The highest BCUT2D eigenvalue weighted by molar-refractivity contribution is 5.83. The SMILES string of the molecule is Cc1cc(=O)oc2cc(Nc3nc(N4C[C@H](N)C[C@H](N)C4)nc(N4CC[C@H](O)[C@@H]4CN)n3)ccc12. The van der Waals surface area contributed by atoms with Crippen LogP contribution in [0.25, 0.3) is 11.0 Å². The number of nitrogens with one attached hydrogen (secondary N) is 1. The third kappa shape index (κ3) is 4.78. The highest BCUT2D eigenvalue weighted by atomic mass is 16.4. The summed E-state index contributed by atoms with van der Waals surface area (Å²) in [5.74, 6) is 1.17. The molecule has 5 rings (SSSR count). The number of aliphatic hydroxyl groups is 1. The van der Waals surface area contributed by atoms with E-state index in [1.54, 1.807) is 6.07 Å². The minimum absolute atomic E-state index is 0.0904. The van der Waals surface area contributed by atoms with Crippen LogP contribution in [0.2, 0.25) is 0 Å². The molecule has 186 valence electrons. The van der Waals surface area contributed by atoms with Crippen LogP contribution in [0.3, 0.4) is 0 Å². The van der Waals surface area contributed by atoms with Gasteiger partial charge in [0.1, 0.15) is 5.58 Å². The van der Waals surface area contributed by atoms with E-state index in [1.165, 1.54) is 6.07 Å². The lowest BCUT2D eigenvalue weighted by atomic mass is 10.0. The van der Waals surface area contributed by atoms with E-state index in [0.717, 1.165) is 17.4 Å². The van der Waals surface area contributed by atoms with E-state index < -0.39 is 11.7 Å². The van der Waals surface area contributed by atoms with Crippen molar-refractivity contribution in [3.63, 3.8) is 0 Å². The van der Waals surface area contributed by atoms with Crippen LogP contribution in [0, 0.1) is 6.92 Å². The van der Waals surface area contributed by atoms with Gasteiger partial charge in [0, 0.05) is 61.5 Å². The summed E-state index contributed by atoms with van der Waals surface area (Å²) in [6.45, 7) is 3.85. The molecule has 2 aliphatic rings. The van der Waals surface area contributed by atoms with Crippen LogP contribution in [0.5, 0.6) is 0 Å². The van der Waals surface area contributed by atoms with E-state index in [4.69, 9.17) is 26.6 Å². The van der Waals surface area contributed by atoms with E-state index in [0.29, 0.717) is 55.2 Å². The first-order valence-corrected chi connectivity index (χ1v) is 11.8. The smallest absolute Gasteiger partial charge is 0.336 e. The van der Waals surface area contributed by atoms with Crippen molar-refractivity contribution >= 4 is 34.5 Å². The number of benzene rings is 1. The Labute approximate surface area is 202 Å². The molecule has 2 fully saturated rings. The molecule has 8 N–H and O–H groups in total. The number of aryl methyl sites for hydroxylation is 1. The summed E-state index contributed by atoms with van der Waals surface area (Å²) >= 11 is 0. The zero-order valence-electron chi connectivity index (χ0n) is 19.6. The highest BCUT2D eigenvalue weighted by Gasteiger charge is 2.34. The van der Waals surface area contributed by atoms with Gasteiger partial charge in [-0.1, -0.05) is 0 Å². The largest absolute Gasteiger partial charge is 0.423 e. The van der Waals surface area contributed by atoms with Gasteiger partial charge >= 0.3 is 5.63 Å². The number of hydrogen-bond acceptors (Lipinski definition) is 12. The van der Waals surface area contributed by atoms with Crippen molar-refractivity contribution < 1.29 is 9.52 Å². The number of piperidine rings is 1. The third-order valence-electron chi connectivity index (χ3n) is 6.63. The molecule has 0 saturated carbocycles. The predicted molar refractivity (Wildman–Crippen MR) is 134 cm³/mol. The summed E-state index contributed by atoms with van der Waals surface area (Å²) < 4.78 is 5.37. The van der Waals surface area contributed by atoms with Gasteiger partial charge in [-0.25, -0.2) is 4.79 Å². The number of anilines is 4. The summed E-state index contributed by atoms with van der Waals surface area (Å²) in [6.07, 6.45) is 0.753. The first kappa shape index (κ1) is 23.4. The minimum Gasteiger partial charge on any atom is -0.423 e. The lowest BCUT2D eigenvalue weighted by molar-refractivity contribution is 0.166. The van der Waals surface area contributed by atoms with Crippen LogP contribution in [0.1, 0.15) is 18.4 Å². The second-order valence-corrected chi connectivity index (χ2v) is 9.36. The van der Waals surface area contributed by atoms with Crippen molar-refractivity contribution in [3.8, 4) is 0 Å². The van der Waals surface area contributed by atoms with Gasteiger partial charge in [-0.05, 0) is 37.5 Å². The maximum absolute atomic E-state index is 11.8. The molecule has 1 aromatic carbocycles. The number of rotatable bonds is 5. The molecular weight excluding hydrogens is 450 g/mol. The van der Waals surface area contributed by atoms with Gasteiger partial charge in [-0.15, -0.1) is 0 Å². The molecule has 3 aromatic rings. The van der Waals surface area contributed by atoms with Gasteiger partial charge in [0.25, 0.3) is 0 Å². The second kappa shape index (κ2) is 9.38. The predicted octanol–water partition coefficient (Wildman–Crippen LogP) is -0.207. The maximum atomic E-state index is 11.8. The highest BCUT2D eigenvalue weighted by Crippen LogP contribution is 2.28. The van der Waals surface area contributed by atoms with Crippen molar-refractivity contribution in [1.82, 2.24) is 15.0 Å². The first-order chi connectivity index (χ1) is 16.8. The Bertz CT molecular complexity index is 1270. The van der Waals surface area contributed by atoms with Crippen molar-refractivity contribution in [2.24, 2.45) is 17.2 Å². The Morgan fingerprint density at radius 3 is 2.63 bits per heavy atom. The standard InChI is InChI=1S/C23H31N9O3/c1-12-6-20(34)35-19-8-15(2-3-16(12)19)27-21-28-22(31-10-13(25)7-14(26)11-31)30-23(29-21)32-5-4-18(33)17(32)9-24/h2-3,6,8,13-14,17-18,33H,4-5,7,9-11,24-26H2,1H3,(H,27,28,29,30)/t13-,14+,17-,18-/m0/s1. The number of fused-ring (bicyclic) bond motifs is 1. The normalized spacial score (nSPS) is 24.8. The number of nitrogens with zero attached hydrogens (tertiary/aromatic N) is 5. The van der Waals surface area contributed by atoms with Crippen molar-refractivity contribution in [2.75, 3.05) is 41.3 Å². The molecular formula is C23H31N9O3. The first-order valence-electron chi connectivity index (χ1n) is 11.8. The Morgan fingerprint density at radius 2 is 1.89 bits per heavy atom. The van der Waals surface area contributed by atoms with Gasteiger partial charge in [0.05, 0.1) is 12.1 Å². The summed E-state index contributed by atoms with van der Waals surface area (Å²) in [4.78, 5) is 29.7. The van der Waals surface area contributed by atoms with E-state index in [2.05, 4.69) is 15.3 Å². The molecule has 0 amide bonds. The maximum Gasteiger partial charge on any atom is 0.336 e. The van der Waals surface area contributed by atoms with Crippen LogP contribution in [-0.4, -0.2) is 70.5 Å². The fourth-order valence-electron chi connectivity index (χ4n) is 4.92. The Kier molecular flexibility index (Phi) is 6.28. The summed E-state index contributed by atoms with van der Waals surface area (Å²) in [6, 6.07) is 6.48. The van der Waals surface area contributed by atoms with E-state index in [1.807, 2.05) is 28.9 Å². The van der Waals surface area contributed by atoms with Gasteiger partial charge in [-0.2, -0.15) is 15.0 Å². The monoisotopic (exact) mass is 481 g/mol. The van der Waals surface area contributed by atoms with Crippen LogP contribution in [-0.2, 0) is 0 Å². The number of nitrogens with two attached hydrogens (primary N) is 3. The molecule has 12 nitrogen and oxygen atoms in total. The number of aromatic nitrogens is 3. The van der Waals surface area contributed by atoms with Gasteiger partial charge in [0.2, 0.25) is 17.8 Å². The molecule has 35 heavy (non-hydrogen) atoms. The molecule has 0 spiro atoms. The van der Waals surface area contributed by atoms with Gasteiger partial charge in [0.15, 0.2) is 0 Å². The van der Waals surface area contributed by atoms with Crippen LogP contribution < -0.4 is 37.9 Å². The molecule has 4 atom stereocenters.